The summed E-state index contributed by atoms with van der Waals surface area (Å²) in [5.74, 6) is -0.450. The van der Waals surface area contributed by atoms with Crippen LogP contribution in [0.3, 0.4) is 0 Å². The van der Waals surface area contributed by atoms with Gasteiger partial charge in [0.25, 0.3) is 0 Å². The molecule has 0 aliphatic carbocycles. The Labute approximate surface area is 230 Å². The smallest absolute Gasteiger partial charge is 0.413 e. The quantitative estimate of drug-likeness (QED) is 0.341. The van der Waals surface area contributed by atoms with Gasteiger partial charge in [-0.25, -0.2) is 4.79 Å². The highest BCUT2D eigenvalue weighted by Crippen LogP contribution is 2.32. The van der Waals surface area contributed by atoms with Crippen molar-refractivity contribution >= 4 is 68.3 Å². The molecule has 3 rings (SSSR count). The van der Waals surface area contributed by atoms with Crippen LogP contribution in [0.4, 0.5) is 10.5 Å². The summed E-state index contributed by atoms with van der Waals surface area (Å²) >= 11 is 12.3. The van der Waals surface area contributed by atoms with Crippen LogP contribution in [0, 0.1) is 6.92 Å². The van der Waals surface area contributed by atoms with Gasteiger partial charge >= 0.3 is 6.09 Å². The number of amidine groups is 1. The summed E-state index contributed by atoms with van der Waals surface area (Å²) in [5, 5.41) is 15.3. The normalized spacial score (nSPS) is 12.6. The monoisotopic (exact) mass is 581 g/mol. The lowest BCUT2D eigenvalue weighted by Crippen LogP contribution is -2.40. The van der Waals surface area contributed by atoms with Crippen LogP contribution < -0.4 is 15.5 Å². The predicted octanol–water partition coefficient (Wildman–Crippen LogP) is 1.96. The van der Waals surface area contributed by atoms with Gasteiger partial charge in [0.05, 0.1) is 36.9 Å². The fourth-order valence-electron chi connectivity index (χ4n) is 3.62. The topological polar surface area (TPSA) is 148 Å². The Balaban J connectivity index is 1.47. The Bertz CT molecular complexity index is 1390. The summed E-state index contributed by atoms with van der Waals surface area (Å²) in [5.41, 5.74) is 3.20. The first-order chi connectivity index (χ1) is 18.1. The van der Waals surface area contributed by atoms with Crippen molar-refractivity contribution in [2.75, 3.05) is 37.6 Å². The molecule has 1 aliphatic heterocycles. The first kappa shape index (κ1) is 29.1. The zero-order chi connectivity index (χ0) is 27.8. The van der Waals surface area contributed by atoms with E-state index in [0.29, 0.717) is 41.6 Å². The minimum Gasteiger partial charge on any atom is -0.465 e. The Morgan fingerprint density at radius 2 is 1.84 bits per heavy atom. The molecule has 3 N–H and O–H groups in total. The molecule has 1 heterocycles. The summed E-state index contributed by atoms with van der Waals surface area (Å²) < 4.78 is 22.5. The van der Waals surface area contributed by atoms with Crippen molar-refractivity contribution in [1.29, 1.82) is 0 Å². The molecule has 202 valence electrons. The van der Waals surface area contributed by atoms with Crippen molar-refractivity contribution < 1.29 is 27.9 Å². The van der Waals surface area contributed by atoms with E-state index in [1.54, 1.807) is 25.1 Å². The second kappa shape index (κ2) is 13.4. The third kappa shape index (κ3) is 7.78. The number of hydrogen-bond acceptors (Lipinski definition) is 7. The molecule has 0 atom stereocenters. The highest BCUT2D eigenvalue weighted by molar-refractivity contribution is 7.71. The molecule has 0 aromatic heterocycles. The van der Waals surface area contributed by atoms with E-state index >= 15 is 0 Å². The summed E-state index contributed by atoms with van der Waals surface area (Å²) in [6.07, 6.45) is -1.05. The predicted molar refractivity (Wildman–Crippen MR) is 146 cm³/mol. The Kier molecular flexibility index (Phi) is 10.2. The molecule has 2 aromatic carbocycles. The van der Waals surface area contributed by atoms with Gasteiger partial charge in [0, 0.05) is 17.1 Å². The van der Waals surface area contributed by atoms with Crippen LogP contribution in [0.2, 0.25) is 10.0 Å². The summed E-state index contributed by atoms with van der Waals surface area (Å²) in [6.45, 7) is 2.15. The van der Waals surface area contributed by atoms with E-state index < -0.39 is 22.3 Å². The van der Waals surface area contributed by atoms with Crippen LogP contribution in [0.15, 0.2) is 41.4 Å². The van der Waals surface area contributed by atoms with E-state index in [9.17, 15) is 27.9 Å². The number of carbonyl (C=O) groups is 3. The number of hydrogen-bond donors (Lipinski definition) is 3. The third-order valence-electron chi connectivity index (χ3n) is 5.55. The van der Waals surface area contributed by atoms with Crippen molar-refractivity contribution in [3.63, 3.8) is 0 Å². The minimum absolute atomic E-state index is 0.00977. The zero-order valence-corrected chi connectivity index (χ0v) is 22.6. The number of carboxylic acid groups (broad SMARTS) is 1. The Morgan fingerprint density at radius 3 is 2.50 bits per heavy atom. The molecular weight excluding hydrogens is 557 g/mol. The number of nitrogens with zero attached hydrogens (tertiary/aromatic N) is 3. The maximum Gasteiger partial charge on any atom is 0.413 e. The van der Waals surface area contributed by atoms with Gasteiger partial charge in [0.2, 0.25) is 16.2 Å². The van der Waals surface area contributed by atoms with Crippen molar-refractivity contribution in [3.8, 4) is 0 Å². The van der Waals surface area contributed by atoms with Gasteiger partial charge in [-0.05, 0) is 30.2 Å². The second-order valence-corrected chi connectivity index (χ2v) is 9.77. The number of rotatable bonds is 11. The average Bonchev–Trinajstić information content (AvgIpc) is 3.36. The van der Waals surface area contributed by atoms with E-state index in [1.807, 2.05) is 12.1 Å². The van der Waals surface area contributed by atoms with Gasteiger partial charge in [-0.15, -0.1) is 0 Å². The summed E-state index contributed by atoms with van der Waals surface area (Å²) in [6, 6.07) is 10.2. The molecular formula is C24H25Cl2N5O6S. The van der Waals surface area contributed by atoms with E-state index in [4.69, 9.17) is 23.2 Å². The van der Waals surface area contributed by atoms with Gasteiger partial charge in [-0.2, -0.15) is 8.42 Å². The Morgan fingerprint density at radius 1 is 1.13 bits per heavy atom. The van der Waals surface area contributed by atoms with Crippen molar-refractivity contribution in [3.05, 3.63) is 63.1 Å². The molecule has 0 unspecified atom stereocenters. The van der Waals surface area contributed by atoms with E-state index in [0.717, 1.165) is 16.0 Å². The number of amides is 2. The molecule has 1 aliphatic rings. The first-order valence-electron chi connectivity index (χ1n) is 11.3. The fourth-order valence-corrected chi connectivity index (χ4v) is 4.50. The van der Waals surface area contributed by atoms with Crippen LogP contribution in [-0.4, -0.2) is 80.3 Å². The Hall–Kier alpha value is -3.45. The van der Waals surface area contributed by atoms with Crippen LogP contribution in [0.1, 0.15) is 16.7 Å². The largest absolute Gasteiger partial charge is 0.465 e. The van der Waals surface area contributed by atoms with Gasteiger partial charge < -0.3 is 20.6 Å². The molecule has 0 fully saturated rings. The van der Waals surface area contributed by atoms with E-state index in [1.165, 1.54) is 11.0 Å². The van der Waals surface area contributed by atoms with Gasteiger partial charge in [-0.3, -0.25) is 19.5 Å². The molecule has 11 nitrogen and oxygen atoms in total. The van der Waals surface area contributed by atoms with Gasteiger partial charge in [-0.1, -0.05) is 47.5 Å². The lowest BCUT2D eigenvalue weighted by atomic mass is 10.1. The second-order valence-electron chi connectivity index (χ2n) is 8.25. The molecule has 0 saturated heterocycles. The van der Waals surface area contributed by atoms with Crippen molar-refractivity contribution in [2.45, 2.75) is 13.5 Å². The van der Waals surface area contributed by atoms with Gasteiger partial charge in [0.15, 0.2) is 5.78 Å². The lowest BCUT2D eigenvalue weighted by molar-refractivity contribution is -0.123. The molecule has 0 radical (unpaired) electrons. The van der Waals surface area contributed by atoms with Crippen LogP contribution in [-0.2, 0) is 26.4 Å². The fraction of sp³-hybridized carbons (Fsp3) is 0.292. The molecule has 38 heavy (non-hydrogen) atoms. The van der Waals surface area contributed by atoms with E-state index in [-0.39, 0.29) is 36.1 Å². The molecule has 0 saturated carbocycles. The highest BCUT2D eigenvalue weighted by atomic mass is 35.5. The maximum absolute atomic E-state index is 12.4. The molecule has 14 heteroatoms. The minimum atomic E-state index is -2.61. The molecule has 2 amide bonds. The number of benzene rings is 2. The third-order valence-corrected chi connectivity index (χ3v) is 6.87. The van der Waals surface area contributed by atoms with Crippen LogP contribution >= 0.6 is 23.2 Å². The zero-order valence-electron chi connectivity index (χ0n) is 20.3. The number of Topliss-reactive ketones (excluding diaryl/α,β-unsaturated/α-hetero) is 1. The van der Waals surface area contributed by atoms with Gasteiger partial charge in [0.1, 0.15) is 17.9 Å². The van der Waals surface area contributed by atoms with E-state index in [2.05, 4.69) is 15.6 Å². The van der Waals surface area contributed by atoms with Crippen molar-refractivity contribution in [1.82, 2.24) is 15.5 Å². The number of nitrogens with one attached hydrogen (secondary N) is 2. The van der Waals surface area contributed by atoms with Crippen molar-refractivity contribution in [2.24, 2.45) is 4.99 Å². The lowest BCUT2D eigenvalue weighted by Gasteiger charge is -2.20. The first-order valence-corrected chi connectivity index (χ1v) is 13.2. The maximum atomic E-state index is 12.4. The number of ketones is 1. The molecule has 0 spiro atoms. The summed E-state index contributed by atoms with van der Waals surface area (Å²) in [7, 11) is -2.61. The number of carbonyl (C=O) groups excluding carboxylic acids is 2. The standard InChI is InChI=1S/C24H25Cl2N5O6S/c1-15-19(25)6-7-20(22(15)26)30(14-38(36)37)13-21(33)29-12-18(32)11-27-10-16-2-4-17(5-3-16)23-28-8-9-31(23)24(34)35/h2-7,14,27H,8-13H2,1H3,(H,29,33)(H,34,35). The molecule has 2 aromatic rings. The molecule has 0 bridgehead atoms. The average molecular weight is 582 g/mol. The number of anilines is 1. The highest BCUT2D eigenvalue weighted by Gasteiger charge is 2.24. The van der Waals surface area contributed by atoms with Crippen LogP contribution in [0.5, 0.6) is 0 Å². The SMILES string of the molecule is Cc1c(Cl)ccc(N(C=S(=O)=O)CC(=O)NCC(=O)CNCc2ccc(C3=NCCN3C(=O)O)cc2)c1Cl. The number of aliphatic imine (C=N–C) groups is 1. The number of halogens is 2. The summed E-state index contributed by atoms with van der Waals surface area (Å²) in [4.78, 5) is 42.5. The van der Waals surface area contributed by atoms with Crippen LogP contribution in [0.25, 0.3) is 0 Å².